The number of aryl methyl sites for hydroxylation is 1. The van der Waals surface area contributed by atoms with E-state index in [0.29, 0.717) is 5.88 Å². The molecular weight excluding hydrogens is 230 g/mol. The first-order valence-corrected chi connectivity index (χ1v) is 5.53. The summed E-state index contributed by atoms with van der Waals surface area (Å²) in [6, 6.07) is 5.87. The van der Waals surface area contributed by atoms with Gasteiger partial charge in [0.25, 0.3) is 0 Å². The van der Waals surface area contributed by atoms with Crippen LogP contribution in [0.3, 0.4) is 0 Å². The van der Waals surface area contributed by atoms with Crippen LogP contribution in [-0.4, -0.2) is 16.4 Å². The summed E-state index contributed by atoms with van der Waals surface area (Å²) in [5.74, 6) is 0.716. The molecule has 0 aliphatic rings. The molecule has 13 heavy (non-hydrogen) atoms. The molecule has 0 aliphatic carbocycles. The lowest BCUT2D eigenvalue weighted by Gasteiger charge is -2.08. The van der Waals surface area contributed by atoms with E-state index in [1.165, 1.54) is 0 Å². The summed E-state index contributed by atoms with van der Waals surface area (Å²) >= 11 is 3.38. The van der Waals surface area contributed by atoms with E-state index in [1.54, 1.807) is 0 Å². The topological polar surface area (TPSA) is 22.1 Å². The van der Waals surface area contributed by atoms with Gasteiger partial charge in [-0.05, 0) is 26.3 Å². The largest absolute Gasteiger partial charge is 0.475 e. The van der Waals surface area contributed by atoms with Crippen LogP contribution in [0.4, 0.5) is 0 Å². The molecule has 0 bridgehead atoms. The number of halogens is 1. The number of alkyl halides is 1. The molecule has 0 aromatic carbocycles. The summed E-state index contributed by atoms with van der Waals surface area (Å²) < 4.78 is 5.47. The van der Waals surface area contributed by atoms with Gasteiger partial charge in [-0.15, -0.1) is 0 Å². The van der Waals surface area contributed by atoms with Crippen LogP contribution in [0.15, 0.2) is 18.2 Å². The second-order valence-electron chi connectivity index (χ2n) is 3.07. The van der Waals surface area contributed by atoms with Crippen molar-refractivity contribution in [3.05, 3.63) is 23.9 Å². The van der Waals surface area contributed by atoms with Gasteiger partial charge in [0.15, 0.2) is 0 Å². The summed E-state index contributed by atoms with van der Waals surface area (Å²) in [6.45, 7) is 4.00. The molecule has 0 saturated heterocycles. The van der Waals surface area contributed by atoms with Crippen molar-refractivity contribution in [3.63, 3.8) is 0 Å². The molecule has 0 N–H and O–H groups in total. The SMILES string of the molecule is CC(C)Oc1cccc(CCBr)n1. The Bertz CT molecular complexity index is 263. The average molecular weight is 244 g/mol. The van der Waals surface area contributed by atoms with Crippen molar-refractivity contribution in [2.75, 3.05) is 5.33 Å². The zero-order chi connectivity index (χ0) is 9.68. The van der Waals surface area contributed by atoms with Crippen LogP contribution in [0.5, 0.6) is 5.88 Å². The molecule has 2 nitrogen and oxygen atoms in total. The molecule has 0 aliphatic heterocycles. The van der Waals surface area contributed by atoms with Gasteiger partial charge in [-0.3, -0.25) is 0 Å². The third kappa shape index (κ3) is 3.77. The second kappa shape index (κ2) is 5.22. The first-order chi connectivity index (χ1) is 6.22. The fourth-order valence-corrected chi connectivity index (χ4v) is 1.41. The third-order valence-corrected chi connectivity index (χ3v) is 1.88. The number of hydrogen-bond donors (Lipinski definition) is 0. The molecule has 1 aromatic rings. The number of ether oxygens (including phenoxy) is 1. The Kier molecular flexibility index (Phi) is 4.22. The van der Waals surface area contributed by atoms with E-state index in [-0.39, 0.29) is 6.10 Å². The molecule has 1 aromatic heterocycles. The Balaban J connectivity index is 2.67. The highest BCUT2D eigenvalue weighted by atomic mass is 79.9. The van der Waals surface area contributed by atoms with Crippen LogP contribution in [-0.2, 0) is 6.42 Å². The highest BCUT2D eigenvalue weighted by Gasteiger charge is 1.99. The first kappa shape index (κ1) is 10.5. The summed E-state index contributed by atoms with van der Waals surface area (Å²) in [5.41, 5.74) is 1.06. The monoisotopic (exact) mass is 243 g/mol. The molecule has 0 radical (unpaired) electrons. The maximum Gasteiger partial charge on any atom is 0.213 e. The molecule has 0 saturated carbocycles. The number of pyridine rings is 1. The molecule has 1 rings (SSSR count). The first-order valence-electron chi connectivity index (χ1n) is 4.41. The molecular formula is C10H14BrNO. The van der Waals surface area contributed by atoms with E-state index >= 15 is 0 Å². The van der Waals surface area contributed by atoms with Gasteiger partial charge in [0.05, 0.1) is 6.10 Å². The Hall–Kier alpha value is -0.570. The van der Waals surface area contributed by atoms with Crippen LogP contribution in [0.1, 0.15) is 19.5 Å². The second-order valence-corrected chi connectivity index (χ2v) is 3.87. The van der Waals surface area contributed by atoms with Crippen molar-refractivity contribution in [1.29, 1.82) is 0 Å². The van der Waals surface area contributed by atoms with Gasteiger partial charge in [-0.25, -0.2) is 4.98 Å². The smallest absolute Gasteiger partial charge is 0.213 e. The molecule has 0 spiro atoms. The van der Waals surface area contributed by atoms with Crippen molar-refractivity contribution >= 4 is 15.9 Å². The number of rotatable bonds is 4. The quantitative estimate of drug-likeness (QED) is 0.760. The molecule has 1 heterocycles. The molecule has 0 fully saturated rings. The van der Waals surface area contributed by atoms with Gasteiger partial charge in [-0.1, -0.05) is 22.0 Å². The Morgan fingerprint density at radius 2 is 2.23 bits per heavy atom. The van der Waals surface area contributed by atoms with Crippen LogP contribution in [0.25, 0.3) is 0 Å². The molecule has 72 valence electrons. The van der Waals surface area contributed by atoms with Gasteiger partial charge < -0.3 is 4.74 Å². The molecule has 0 unspecified atom stereocenters. The van der Waals surface area contributed by atoms with Crippen molar-refractivity contribution in [2.24, 2.45) is 0 Å². The van der Waals surface area contributed by atoms with Crippen molar-refractivity contribution in [1.82, 2.24) is 4.98 Å². The van der Waals surface area contributed by atoms with E-state index in [1.807, 2.05) is 32.0 Å². The van der Waals surface area contributed by atoms with Crippen LogP contribution in [0, 0.1) is 0 Å². The predicted molar refractivity (Wildman–Crippen MR) is 57.5 cm³/mol. The van der Waals surface area contributed by atoms with Crippen molar-refractivity contribution in [2.45, 2.75) is 26.4 Å². The van der Waals surface area contributed by atoms with E-state index in [9.17, 15) is 0 Å². The van der Waals surface area contributed by atoms with Crippen molar-refractivity contribution in [3.8, 4) is 5.88 Å². The maximum absolute atomic E-state index is 5.47. The lowest BCUT2D eigenvalue weighted by Crippen LogP contribution is -2.07. The fraction of sp³-hybridized carbons (Fsp3) is 0.500. The Morgan fingerprint density at radius 1 is 1.46 bits per heavy atom. The summed E-state index contributed by atoms with van der Waals surface area (Å²) in [6.07, 6.45) is 1.13. The van der Waals surface area contributed by atoms with Gasteiger partial charge >= 0.3 is 0 Å². The summed E-state index contributed by atoms with van der Waals surface area (Å²) in [4.78, 5) is 4.35. The molecule has 0 atom stereocenters. The molecule has 3 heteroatoms. The summed E-state index contributed by atoms with van der Waals surface area (Å²) in [7, 11) is 0. The normalized spacial score (nSPS) is 10.5. The molecule has 0 amide bonds. The third-order valence-electron chi connectivity index (χ3n) is 1.49. The predicted octanol–water partition coefficient (Wildman–Crippen LogP) is 2.81. The Labute approximate surface area is 87.5 Å². The van der Waals surface area contributed by atoms with E-state index in [4.69, 9.17) is 4.74 Å². The standard InChI is InChI=1S/C10H14BrNO/c1-8(2)13-10-5-3-4-9(12-10)6-7-11/h3-5,8H,6-7H2,1-2H3. The van der Waals surface area contributed by atoms with Crippen LogP contribution in [0.2, 0.25) is 0 Å². The fourth-order valence-electron chi connectivity index (χ4n) is 1.00. The minimum Gasteiger partial charge on any atom is -0.475 e. The van der Waals surface area contributed by atoms with Gasteiger partial charge in [0.2, 0.25) is 5.88 Å². The van der Waals surface area contributed by atoms with Gasteiger partial charge in [0, 0.05) is 17.1 Å². The summed E-state index contributed by atoms with van der Waals surface area (Å²) in [5, 5.41) is 0.936. The van der Waals surface area contributed by atoms with E-state index in [0.717, 1.165) is 17.4 Å². The Morgan fingerprint density at radius 3 is 2.85 bits per heavy atom. The van der Waals surface area contributed by atoms with Crippen molar-refractivity contribution < 1.29 is 4.74 Å². The average Bonchev–Trinajstić information content (AvgIpc) is 2.04. The van der Waals surface area contributed by atoms with E-state index in [2.05, 4.69) is 20.9 Å². The van der Waals surface area contributed by atoms with Gasteiger partial charge in [0.1, 0.15) is 0 Å². The number of aromatic nitrogens is 1. The maximum atomic E-state index is 5.47. The number of nitrogens with zero attached hydrogens (tertiary/aromatic N) is 1. The number of hydrogen-bond acceptors (Lipinski definition) is 2. The van der Waals surface area contributed by atoms with E-state index < -0.39 is 0 Å². The zero-order valence-electron chi connectivity index (χ0n) is 7.96. The van der Waals surface area contributed by atoms with Gasteiger partial charge in [-0.2, -0.15) is 0 Å². The highest BCUT2D eigenvalue weighted by molar-refractivity contribution is 9.09. The lowest BCUT2D eigenvalue weighted by atomic mass is 10.3. The van der Waals surface area contributed by atoms with Crippen LogP contribution < -0.4 is 4.74 Å². The highest BCUT2D eigenvalue weighted by Crippen LogP contribution is 2.10. The van der Waals surface area contributed by atoms with Crippen LogP contribution >= 0.6 is 15.9 Å². The minimum absolute atomic E-state index is 0.187. The minimum atomic E-state index is 0.187. The zero-order valence-corrected chi connectivity index (χ0v) is 9.54. The lowest BCUT2D eigenvalue weighted by molar-refractivity contribution is 0.232.